The molecule has 0 saturated heterocycles. The van der Waals surface area contributed by atoms with E-state index in [0.717, 1.165) is 5.57 Å². The first-order valence-corrected chi connectivity index (χ1v) is 3.34. The SMILES string of the molecule is CC1=C=CC=C(OC(F)(F)F)C1. The van der Waals surface area contributed by atoms with E-state index in [0.29, 0.717) is 0 Å². The number of alkyl halides is 3. The lowest BCUT2D eigenvalue weighted by molar-refractivity contribution is -0.306. The van der Waals surface area contributed by atoms with Crippen molar-refractivity contribution < 1.29 is 17.9 Å². The van der Waals surface area contributed by atoms with Gasteiger partial charge in [-0.1, -0.05) is 0 Å². The van der Waals surface area contributed by atoms with Crippen LogP contribution in [0.25, 0.3) is 0 Å². The molecule has 1 nitrogen and oxygen atoms in total. The second kappa shape index (κ2) is 3.07. The van der Waals surface area contributed by atoms with Gasteiger partial charge in [0, 0.05) is 6.42 Å². The molecule has 0 saturated carbocycles. The molecule has 0 aromatic heterocycles. The predicted molar refractivity (Wildman–Crippen MR) is 37.1 cm³/mol. The average molecular weight is 176 g/mol. The quantitative estimate of drug-likeness (QED) is 0.558. The fourth-order valence-corrected chi connectivity index (χ4v) is 0.867. The summed E-state index contributed by atoms with van der Waals surface area (Å²) in [4.78, 5) is 0. The Morgan fingerprint density at radius 1 is 1.50 bits per heavy atom. The fourth-order valence-electron chi connectivity index (χ4n) is 0.867. The van der Waals surface area contributed by atoms with Gasteiger partial charge < -0.3 is 4.74 Å². The van der Waals surface area contributed by atoms with E-state index in [1.54, 1.807) is 6.92 Å². The smallest absolute Gasteiger partial charge is 0.410 e. The summed E-state index contributed by atoms with van der Waals surface area (Å²) >= 11 is 0. The Labute approximate surface area is 67.8 Å². The van der Waals surface area contributed by atoms with E-state index in [4.69, 9.17) is 0 Å². The molecule has 66 valence electrons. The van der Waals surface area contributed by atoms with Crippen LogP contribution in [0.15, 0.2) is 29.2 Å². The van der Waals surface area contributed by atoms with Crippen molar-refractivity contribution in [2.45, 2.75) is 19.7 Å². The molecule has 1 rings (SSSR count). The fraction of sp³-hybridized carbons (Fsp3) is 0.375. The molecular formula is C8H7F3O. The number of rotatable bonds is 1. The molecule has 12 heavy (non-hydrogen) atoms. The van der Waals surface area contributed by atoms with Gasteiger partial charge in [-0.25, -0.2) is 0 Å². The lowest BCUT2D eigenvalue weighted by atomic mass is 10.1. The third-order valence-electron chi connectivity index (χ3n) is 1.29. The highest BCUT2D eigenvalue weighted by molar-refractivity contribution is 5.20. The highest BCUT2D eigenvalue weighted by Crippen LogP contribution is 2.25. The summed E-state index contributed by atoms with van der Waals surface area (Å²) < 4.78 is 38.7. The molecule has 0 spiro atoms. The summed E-state index contributed by atoms with van der Waals surface area (Å²) in [6.45, 7) is 1.70. The van der Waals surface area contributed by atoms with Crippen LogP contribution < -0.4 is 0 Å². The molecule has 1 aliphatic rings. The first-order valence-electron chi connectivity index (χ1n) is 3.34. The molecule has 0 bridgehead atoms. The van der Waals surface area contributed by atoms with Crippen LogP contribution in [0.2, 0.25) is 0 Å². The Hall–Kier alpha value is -1.15. The molecule has 0 N–H and O–H groups in total. The van der Waals surface area contributed by atoms with E-state index < -0.39 is 6.36 Å². The summed E-state index contributed by atoms with van der Waals surface area (Å²) in [6.07, 6.45) is -1.73. The van der Waals surface area contributed by atoms with Crippen LogP contribution in [0, 0.1) is 0 Å². The van der Waals surface area contributed by atoms with Gasteiger partial charge in [0.1, 0.15) is 5.76 Å². The molecule has 0 amide bonds. The highest BCUT2D eigenvalue weighted by atomic mass is 19.4. The lowest BCUT2D eigenvalue weighted by Crippen LogP contribution is -2.13. The number of hydrogen-bond acceptors (Lipinski definition) is 1. The molecular weight excluding hydrogens is 169 g/mol. The Morgan fingerprint density at radius 3 is 2.67 bits per heavy atom. The zero-order valence-corrected chi connectivity index (χ0v) is 6.40. The van der Waals surface area contributed by atoms with E-state index >= 15 is 0 Å². The zero-order valence-electron chi connectivity index (χ0n) is 6.40. The van der Waals surface area contributed by atoms with Crippen molar-refractivity contribution in [1.82, 2.24) is 0 Å². The van der Waals surface area contributed by atoms with Gasteiger partial charge in [0.2, 0.25) is 0 Å². The van der Waals surface area contributed by atoms with E-state index in [9.17, 15) is 13.2 Å². The second-order valence-corrected chi connectivity index (χ2v) is 2.45. The molecule has 0 atom stereocenters. The van der Waals surface area contributed by atoms with Crippen LogP contribution in [-0.4, -0.2) is 6.36 Å². The predicted octanol–water partition coefficient (Wildman–Crippen LogP) is 2.91. The molecule has 0 radical (unpaired) electrons. The van der Waals surface area contributed by atoms with Gasteiger partial charge >= 0.3 is 6.36 Å². The van der Waals surface area contributed by atoms with Crippen molar-refractivity contribution in [3.63, 3.8) is 0 Å². The first-order chi connectivity index (χ1) is 5.47. The molecule has 0 unspecified atom stereocenters. The van der Waals surface area contributed by atoms with Gasteiger partial charge in [0.25, 0.3) is 0 Å². The molecule has 0 aromatic rings. The first kappa shape index (κ1) is 8.94. The van der Waals surface area contributed by atoms with Gasteiger partial charge in [-0.3, -0.25) is 0 Å². The van der Waals surface area contributed by atoms with Crippen molar-refractivity contribution >= 4 is 0 Å². The molecule has 1 aliphatic carbocycles. The van der Waals surface area contributed by atoms with Crippen LogP contribution in [0.3, 0.4) is 0 Å². The zero-order chi connectivity index (χ0) is 9.19. The van der Waals surface area contributed by atoms with Crippen LogP contribution in [-0.2, 0) is 4.74 Å². The summed E-state index contributed by atoms with van der Waals surface area (Å²) in [7, 11) is 0. The van der Waals surface area contributed by atoms with Gasteiger partial charge in [-0.2, -0.15) is 0 Å². The molecule has 0 fully saturated rings. The standard InChI is InChI=1S/C8H7F3O/c1-6-3-2-4-7(5-6)12-8(9,10)11/h2,4H,5H2,1H3. The van der Waals surface area contributed by atoms with E-state index in [1.165, 1.54) is 12.2 Å². The number of allylic oxidation sites excluding steroid dienone is 2. The normalized spacial score (nSPS) is 17.0. The van der Waals surface area contributed by atoms with Gasteiger partial charge in [-0.15, -0.1) is 18.9 Å². The third-order valence-corrected chi connectivity index (χ3v) is 1.29. The van der Waals surface area contributed by atoms with Crippen molar-refractivity contribution in [3.8, 4) is 0 Å². The average Bonchev–Trinajstić information content (AvgIpc) is 1.82. The largest absolute Gasteiger partial charge is 0.572 e. The second-order valence-electron chi connectivity index (χ2n) is 2.45. The Morgan fingerprint density at radius 2 is 2.17 bits per heavy atom. The van der Waals surface area contributed by atoms with Crippen LogP contribution in [0.1, 0.15) is 13.3 Å². The van der Waals surface area contributed by atoms with Crippen molar-refractivity contribution in [2.24, 2.45) is 0 Å². The van der Waals surface area contributed by atoms with E-state index in [2.05, 4.69) is 10.5 Å². The maximum absolute atomic E-state index is 11.7. The minimum absolute atomic E-state index is 0.0845. The van der Waals surface area contributed by atoms with E-state index in [-0.39, 0.29) is 12.2 Å². The number of hydrogen-bond donors (Lipinski definition) is 0. The van der Waals surface area contributed by atoms with Gasteiger partial charge in [0.15, 0.2) is 0 Å². The maximum Gasteiger partial charge on any atom is 0.572 e. The summed E-state index contributed by atoms with van der Waals surface area (Å²) in [5, 5.41) is 0. The summed E-state index contributed by atoms with van der Waals surface area (Å²) in [6, 6.07) is 0. The minimum Gasteiger partial charge on any atom is -0.410 e. The lowest BCUT2D eigenvalue weighted by Gasteiger charge is -2.12. The van der Waals surface area contributed by atoms with Crippen molar-refractivity contribution in [3.05, 3.63) is 29.2 Å². The summed E-state index contributed by atoms with van der Waals surface area (Å²) in [5.41, 5.74) is 3.50. The molecule has 4 heteroatoms. The van der Waals surface area contributed by atoms with Crippen LogP contribution in [0.5, 0.6) is 0 Å². The highest BCUT2D eigenvalue weighted by Gasteiger charge is 2.32. The maximum atomic E-state index is 11.7. The number of ether oxygens (including phenoxy) is 1. The van der Waals surface area contributed by atoms with Crippen LogP contribution >= 0.6 is 0 Å². The van der Waals surface area contributed by atoms with Crippen molar-refractivity contribution in [2.75, 3.05) is 0 Å². The van der Waals surface area contributed by atoms with Crippen LogP contribution in [0.4, 0.5) is 13.2 Å². The monoisotopic (exact) mass is 176 g/mol. The number of halogens is 3. The van der Waals surface area contributed by atoms with E-state index in [1.807, 2.05) is 0 Å². The topological polar surface area (TPSA) is 9.23 Å². The third kappa shape index (κ3) is 2.84. The Kier molecular flexibility index (Phi) is 2.29. The molecule has 0 aromatic carbocycles. The van der Waals surface area contributed by atoms with Gasteiger partial charge in [-0.05, 0) is 24.6 Å². The summed E-state index contributed by atoms with van der Waals surface area (Å²) in [5.74, 6) is -0.0845. The molecule has 0 aliphatic heterocycles. The molecule has 0 heterocycles. The Bertz CT molecular complexity index is 267. The van der Waals surface area contributed by atoms with Gasteiger partial charge in [0.05, 0.1) is 0 Å². The Balaban J connectivity index is 2.60. The van der Waals surface area contributed by atoms with Crippen molar-refractivity contribution in [1.29, 1.82) is 0 Å². The minimum atomic E-state index is -4.59.